The summed E-state index contributed by atoms with van der Waals surface area (Å²) in [5.41, 5.74) is 1.01. The van der Waals surface area contributed by atoms with Gasteiger partial charge >= 0.3 is 0 Å². The van der Waals surface area contributed by atoms with Gasteiger partial charge in [-0.25, -0.2) is 13.1 Å². The molecule has 3 rings (SSSR count). The quantitative estimate of drug-likeness (QED) is 0.703. The van der Waals surface area contributed by atoms with Crippen LogP contribution in [0.1, 0.15) is 17.3 Å². The van der Waals surface area contributed by atoms with Gasteiger partial charge in [0.1, 0.15) is 16.3 Å². The number of sulfonamides is 1. The van der Waals surface area contributed by atoms with E-state index in [1.165, 1.54) is 6.92 Å². The van der Waals surface area contributed by atoms with Crippen molar-refractivity contribution in [1.82, 2.24) is 20.0 Å². The maximum atomic E-state index is 12.3. The fraction of sp³-hybridized carbons (Fsp3) is 0.267. The monoisotopic (exact) mass is 364 g/mol. The maximum absolute atomic E-state index is 12.3. The van der Waals surface area contributed by atoms with E-state index in [0.717, 1.165) is 5.56 Å². The Hall–Kier alpha value is -2.72. The first kappa shape index (κ1) is 17.1. The highest BCUT2D eigenvalue weighted by Gasteiger charge is 2.24. The van der Waals surface area contributed by atoms with Gasteiger partial charge in [-0.15, -0.1) is 0 Å². The molecule has 1 N–H and O–H groups in total. The number of hydrogen-bond donors (Lipinski definition) is 1. The summed E-state index contributed by atoms with van der Waals surface area (Å²) < 4.78 is 42.1. The van der Waals surface area contributed by atoms with Gasteiger partial charge in [-0.2, -0.15) is 4.98 Å². The summed E-state index contributed by atoms with van der Waals surface area (Å²) in [4.78, 5) is 4.20. The van der Waals surface area contributed by atoms with Crippen LogP contribution in [-0.4, -0.2) is 30.8 Å². The van der Waals surface area contributed by atoms with Crippen LogP contribution in [0, 0.1) is 13.8 Å². The number of hydrogen-bond acceptors (Lipinski definition) is 8. The lowest BCUT2D eigenvalue weighted by Crippen LogP contribution is -2.24. The summed E-state index contributed by atoms with van der Waals surface area (Å²) >= 11 is 0. The highest BCUT2D eigenvalue weighted by molar-refractivity contribution is 7.89. The average molecular weight is 364 g/mol. The first-order valence-electron chi connectivity index (χ1n) is 7.30. The molecule has 0 radical (unpaired) electrons. The number of benzene rings is 1. The molecule has 9 nitrogen and oxygen atoms in total. The smallest absolute Gasteiger partial charge is 0.246 e. The number of nitrogens with zero attached hydrogens (tertiary/aromatic N) is 3. The van der Waals surface area contributed by atoms with Crippen molar-refractivity contribution >= 4 is 10.0 Å². The van der Waals surface area contributed by atoms with E-state index in [2.05, 4.69) is 20.0 Å². The normalized spacial score (nSPS) is 11.6. The van der Waals surface area contributed by atoms with Gasteiger partial charge in [0.2, 0.25) is 21.7 Å². The molecule has 25 heavy (non-hydrogen) atoms. The Morgan fingerprint density at radius 2 is 1.84 bits per heavy atom. The van der Waals surface area contributed by atoms with E-state index in [-0.39, 0.29) is 28.8 Å². The molecule has 2 aromatic heterocycles. The Kier molecular flexibility index (Phi) is 4.55. The van der Waals surface area contributed by atoms with Crippen LogP contribution in [0.4, 0.5) is 0 Å². The highest BCUT2D eigenvalue weighted by Crippen LogP contribution is 2.21. The van der Waals surface area contributed by atoms with E-state index < -0.39 is 10.0 Å². The topological polar surface area (TPSA) is 120 Å². The van der Waals surface area contributed by atoms with E-state index in [0.29, 0.717) is 11.6 Å². The van der Waals surface area contributed by atoms with Crippen LogP contribution in [0.5, 0.6) is 5.75 Å². The van der Waals surface area contributed by atoms with Crippen molar-refractivity contribution in [2.75, 3.05) is 7.11 Å². The van der Waals surface area contributed by atoms with Crippen LogP contribution < -0.4 is 9.46 Å². The van der Waals surface area contributed by atoms with E-state index in [9.17, 15) is 8.42 Å². The van der Waals surface area contributed by atoms with Gasteiger partial charge in [0.25, 0.3) is 0 Å². The molecule has 0 unspecified atom stereocenters. The molecule has 0 aliphatic carbocycles. The van der Waals surface area contributed by atoms with Crippen LogP contribution in [0.2, 0.25) is 0 Å². The Balaban J connectivity index is 1.73. The van der Waals surface area contributed by atoms with Crippen LogP contribution in [0.3, 0.4) is 0 Å². The number of aryl methyl sites for hydroxylation is 2. The van der Waals surface area contributed by atoms with E-state index >= 15 is 0 Å². The fourth-order valence-electron chi connectivity index (χ4n) is 2.27. The van der Waals surface area contributed by atoms with Gasteiger partial charge in [-0.05, 0) is 38.1 Å². The molecular formula is C15H16N4O5S. The molecule has 0 saturated carbocycles. The van der Waals surface area contributed by atoms with Crippen molar-refractivity contribution < 1.29 is 22.2 Å². The summed E-state index contributed by atoms with van der Waals surface area (Å²) in [6.07, 6.45) is 0. The van der Waals surface area contributed by atoms with Gasteiger partial charge in [0.15, 0.2) is 5.76 Å². The minimum absolute atomic E-state index is 0.0161. The first-order chi connectivity index (χ1) is 11.9. The lowest BCUT2D eigenvalue weighted by molar-refractivity contribution is 0.375. The third-order valence-electron chi connectivity index (χ3n) is 3.47. The standard InChI is InChI=1S/C15H16N4O5S/c1-9-14(10(2)23-18-9)25(20,21)16-8-13-17-15(19-24-13)11-4-6-12(22-3)7-5-11/h4-7,16H,8H2,1-3H3. The van der Waals surface area contributed by atoms with Crippen LogP contribution >= 0.6 is 0 Å². The predicted molar refractivity (Wildman–Crippen MR) is 86.3 cm³/mol. The van der Waals surface area contributed by atoms with Crippen molar-refractivity contribution in [3.8, 4) is 17.1 Å². The molecule has 0 amide bonds. The third-order valence-corrected chi connectivity index (χ3v) is 5.11. The minimum Gasteiger partial charge on any atom is -0.497 e. The van der Waals surface area contributed by atoms with Gasteiger partial charge in [0.05, 0.1) is 13.7 Å². The van der Waals surface area contributed by atoms with Crippen LogP contribution in [-0.2, 0) is 16.6 Å². The molecule has 0 aliphatic rings. The summed E-state index contributed by atoms with van der Waals surface area (Å²) in [6, 6.07) is 7.10. The van der Waals surface area contributed by atoms with Gasteiger partial charge < -0.3 is 13.8 Å². The number of methoxy groups -OCH3 is 1. The molecular weight excluding hydrogens is 348 g/mol. The lowest BCUT2D eigenvalue weighted by atomic mass is 10.2. The Morgan fingerprint density at radius 3 is 2.44 bits per heavy atom. The van der Waals surface area contributed by atoms with Crippen LogP contribution in [0.25, 0.3) is 11.4 Å². The second-order valence-electron chi connectivity index (χ2n) is 5.22. The molecule has 132 valence electrons. The summed E-state index contributed by atoms with van der Waals surface area (Å²) in [7, 11) is -2.22. The second-order valence-corrected chi connectivity index (χ2v) is 6.92. The predicted octanol–water partition coefficient (Wildman–Crippen LogP) is 1.83. The zero-order chi connectivity index (χ0) is 18.0. The van der Waals surface area contributed by atoms with Crippen LogP contribution in [0.15, 0.2) is 38.2 Å². The molecule has 1 aromatic carbocycles. The fourth-order valence-corrected chi connectivity index (χ4v) is 3.57. The van der Waals surface area contributed by atoms with E-state index in [4.69, 9.17) is 13.8 Å². The summed E-state index contributed by atoms with van der Waals surface area (Å²) in [5, 5.41) is 7.49. The molecule has 0 spiro atoms. The van der Waals surface area contributed by atoms with Crippen molar-refractivity contribution in [2.45, 2.75) is 25.3 Å². The van der Waals surface area contributed by atoms with E-state index in [1.807, 2.05) is 0 Å². The molecule has 3 aromatic rings. The zero-order valence-corrected chi connectivity index (χ0v) is 14.6. The summed E-state index contributed by atoms with van der Waals surface area (Å²) in [6.45, 7) is 2.94. The summed E-state index contributed by atoms with van der Waals surface area (Å²) in [5.74, 6) is 1.42. The second kappa shape index (κ2) is 6.65. The molecule has 2 heterocycles. The maximum Gasteiger partial charge on any atom is 0.246 e. The zero-order valence-electron chi connectivity index (χ0n) is 13.8. The number of nitrogens with one attached hydrogen (secondary N) is 1. The number of rotatable bonds is 6. The molecule has 10 heteroatoms. The van der Waals surface area contributed by atoms with Gasteiger partial charge in [0, 0.05) is 5.56 Å². The third kappa shape index (κ3) is 3.54. The average Bonchev–Trinajstić information content (AvgIpc) is 3.20. The molecule has 0 saturated heterocycles. The lowest BCUT2D eigenvalue weighted by Gasteiger charge is -2.03. The molecule has 0 bridgehead atoms. The van der Waals surface area contributed by atoms with E-state index in [1.54, 1.807) is 38.3 Å². The molecule has 0 aliphatic heterocycles. The first-order valence-corrected chi connectivity index (χ1v) is 8.78. The molecule has 0 fully saturated rings. The Labute approximate surface area is 144 Å². The van der Waals surface area contributed by atoms with Gasteiger partial charge in [-0.1, -0.05) is 10.3 Å². The minimum atomic E-state index is -3.79. The molecule has 0 atom stereocenters. The van der Waals surface area contributed by atoms with Crippen molar-refractivity contribution in [3.05, 3.63) is 41.6 Å². The number of ether oxygens (including phenoxy) is 1. The highest BCUT2D eigenvalue weighted by atomic mass is 32.2. The number of aromatic nitrogens is 3. The Bertz CT molecular complexity index is 956. The van der Waals surface area contributed by atoms with Gasteiger partial charge in [-0.3, -0.25) is 0 Å². The SMILES string of the molecule is COc1ccc(-c2noc(CNS(=O)(=O)c3c(C)noc3C)n2)cc1. The largest absolute Gasteiger partial charge is 0.497 e. The van der Waals surface area contributed by atoms with Crippen molar-refractivity contribution in [3.63, 3.8) is 0 Å². The van der Waals surface area contributed by atoms with Crippen molar-refractivity contribution in [2.24, 2.45) is 0 Å². The Morgan fingerprint density at radius 1 is 1.12 bits per heavy atom. The van der Waals surface area contributed by atoms with Crippen molar-refractivity contribution in [1.29, 1.82) is 0 Å².